The zero-order valence-electron chi connectivity index (χ0n) is 14.0. The van der Waals surface area contributed by atoms with Gasteiger partial charge in [-0.1, -0.05) is 13.0 Å². The van der Waals surface area contributed by atoms with Crippen LogP contribution in [-0.4, -0.2) is 52.6 Å². The Labute approximate surface area is 138 Å². The van der Waals surface area contributed by atoms with Crippen LogP contribution in [0.1, 0.15) is 26.2 Å². The molecule has 0 bridgehead atoms. The zero-order chi connectivity index (χ0) is 16.9. The summed E-state index contributed by atoms with van der Waals surface area (Å²) in [7, 11) is -0.743. The van der Waals surface area contributed by atoms with Gasteiger partial charge in [-0.25, -0.2) is 8.42 Å². The fourth-order valence-electron chi connectivity index (χ4n) is 3.00. The van der Waals surface area contributed by atoms with Crippen LogP contribution in [0.2, 0.25) is 0 Å². The molecule has 0 radical (unpaired) electrons. The number of sulfonamides is 1. The Morgan fingerprint density at radius 1 is 1.17 bits per heavy atom. The fourth-order valence-corrected chi connectivity index (χ4v) is 5.07. The number of nitrogens with zero attached hydrogens (tertiary/aromatic N) is 1. The Bertz CT molecular complexity index is 590. The van der Waals surface area contributed by atoms with Crippen LogP contribution < -0.4 is 14.8 Å². The van der Waals surface area contributed by atoms with Gasteiger partial charge in [-0.3, -0.25) is 0 Å². The number of rotatable bonds is 7. The highest BCUT2D eigenvalue weighted by Crippen LogP contribution is 2.36. The van der Waals surface area contributed by atoms with Crippen LogP contribution in [0.25, 0.3) is 0 Å². The average molecular weight is 342 g/mol. The molecule has 0 unspecified atom stereocenters. The third-order valence-electron chi connectivity index (χ3n) is 4.11. The van der Waals surface area contributed by atoms with Crippen molar-refractivity contribution in [3.8, 4) is 11.5 Å². The molecule has 0 aromatic heterocycles. The molecule has 1 fully saturated rings. The number of hydrogen-bond acceptors (Lipinski definition) is 5. The van der Waals surface area contributed by atoms with E-state index in [9.17, 15) is 8.42 Å². The quantitative estimate of drug-likeness (QED) is 0.819. The van der Waals surface area contributed by atoms with Gasteiger partial charge in [-0.15, -0.1) is 0 Å². The maximum Gasteiger partial charge on any atom is 0.250 e. The molecular weight excluding hydrogens is 316 g/mol. The van der Waals surface area contributed by atoms with Crippen LogP contribution in [0.3, 0.4) is 0 Å². The van der Waals surface area contributed by atoms with E-state index in [1.165, 1.54) is 14.2 Å². The van der Waals surface area contributed by atoms with Crippen LogP contribution >= 0.6 is 0 Å². The van der Waals surface area contributed by atoms with Gasteiger partial charge in [0, 0.05) is 12.6 Å². The number of methoxy groups -OCH3 is 2. The van der Waals surface area contributed by atoms with E-state index in [-0.39, 0.29) is 10.9 Å². The fraction of sp³-hybridized carbons (Fsp3) is 0.625. The van der Waals surface area contributed by atoms with Gasteiger partial charge in [0.05, 0.1) is 14.2 Å². The lowest BCUT2D eigenvalue weighted by atomic mass is 10.1. The second kappa shape index (κ2) is 7.99. The van der Waals surface area contributed by atoms with Crippen LogP contribution in [0, 0.1) is 0 Å². The van der Waals surface area contributed by atoms with E-state index in [0.717, 1.165) is 32.4 Å². The van der Waals surface area contributed by atoms with E-state index in [4.69, 9.17) is 9.47 Å². The first kappa shape index (κ1) is 18.0. The number of benzene rings is 1. The molecule has 6 nitrogen and oxygen atoms in total. The van der Waals surface area contributed by atoms with Crippen molar-refractivity contribution in [2.75, 3.05) is 33.9 Å². The molecule has 1 N–H and O–H groups in total. The maximum atomic E-state index is 13.3. The summed E-state index contributed by atoms with van der Waals surface area (Å²) in [4.78, 5) is 0.122. The van der Waals surface area contributed by atoms with Gasteiger partial charge in [0.25, 0.3) is 10.0 Å². The second-order valence-electron chi connectivity index (χ2n) is 5.59. The van der Waals surface area contributed by atoms with Gasteiger partial charge >= 0.3 is 0 Å². The van der Waals surface area contributed by atoms with E-state index in [2.05, 4.69) is 5.32 Å². The Balaban J connectivity index is 2.49. The average Bonchev–Trinajstić information content (AvgIpc) is 2.59. The summed E-state index contributed by atoms with van der Waals surface area (Å²) in [6.07, 6.45) is 2.40. The summed E-state index contributed by atoms with van der Waals surface area (Å²) in [5.74, 6) is 0.638. The molecule has 1 heterocycles. The molecule has 1 aromatic rings. The molecule has 130 valence electrons. The van der Waals surface area contributed by atoms with Gasteiger partial charge in [0.15, 0.2) is 4.90 Å². The minimum absolute atomic E-state index is 0.0100. The predicted octanol–water partition coefficient (Wildman–Crippen LogP) is 1.86. The molecule has 1 saturated heterocycles. The number of piperidine rings is 1. The monoisotopic (exact) mass is 342 g/mol. The molecule has 23 heavy (non-hydrogen) atoms. The normalized spacial score (nSPS) is 16.5. The molecular formula is C16H26N2O4S. The second-order valence-corrected chi connectivity index (χ2v) is 7.42. The maximum absolute atomic E-state index is 13.3. The Morgan fingerprint density at radius 3 is 2.22 bits per heavy atom. The zero-order valence-corrected chi connectivity index (χ0v) is 14.9. The number of hydrogen-bond donors (Lipinski definition) is 1. The molecule has 1 aromatic carbocycles. The Kier molecular flexibility index (Phi) is 6.26. The van der Waals surface area contributed by atoms with Crippen molar-refractivity contribution >= 4 is 10.0 Å². The minimum atomic E-state index is -3.69. The van der Waals surface area contributed by atoms with Crippen LogP contribution in [0.15, 0.2) is 23.1 Å². The van der Waals surface area contributed by atoms with Crippen LogP contribution in [0.4, 0.5) is 0 Å². The van der Waals surface area contributed by atoms with E-state index in [1.807, 2.05) is 6.92 Å². The topological polar surface area (TPSA) is 67.9 Å². The lowest BCUT2D eigenvalue weighted by molar-refractivity contribution is 0.260. The highest BCUT2D eigenvalue weighted by Gasteiger charge is 2.35. The van der Waals surface area contributed by atoms with E-state index >= 15 is 0 Å². The molecule has 1 aliphatic heterocycles. The summed E-state index contributed by atoms with van der Waals surface area (Å²) in [6.45, 7) is 4.16. The minimum Gasteiger partial charge on any atom is -0.495 e. The van der Waals surface area contributed by atoms with Crippen molar-refractivity contribution in [1.82, 2.24) is 9.62 Å². The third kappa shape index (κ3) is 3.79. The molecule has 0 spiro atoms. The molecule has 1 aliphatic rings. The van der Waals surface area contributed by atoms with Crippen molar-refractivity contribution < 1.29 is 17.9 Å². The Morgan fingerprint density at radius 2 is 1.74 bits per heavy atom. The number of ether oxygens (including phenoxy) is 2. The molecule has 0 amide bonds. The number of nitrogens with one attached hydrogen (secondary N) is 1. The summed E-state index contributed by atoms with van der Waals surface area (Å²) in [6, 6.07) is 5.05. The van der Waals surface area contributed by atoms with Crippen molar-refractivity contribution in [2.24, 2.45) is 0 Å². The standard InChI is InChI=1S/C16H26N2O4S/c1-4-12-18(13-8-10-17-11-9-13)23(19,20)16-14(21-2)6-5-7-15(16)22-3/h5-7,13,17H,4,8-12H2,1-3H3. The summed E-state index contributed by atoms with van der Waals surface area (Å²) >= 11 is 0. The SMILES string of the molecule is CCCN(C1CCNCC1)S(=O)(=O)c1c(OC)cccc1OC. The smallest absolute Gasteiger partial charge is 0.250 e. The molecule has 2 rings (SSSR count). The van der Waals surface area contributed by atoms with Crippen molar-refractivity contribution in [2.45, 2.75) is 37.1 Å². The largest absolute Gasteiger partial charge is 0.495 e. The molecule has 0 atom stereocenters. The summed E-state index contributed by atoms with van der Waals surface area (Å²) in [5, 5.41) is 3.28. The first-order valence-corrected chi connectivity index (χ1v) is 9.43. The highest BCUT2D eigenvalue weighted by atomic mass is 32.2. The summed E-state index contributed by atoms with van der Waals surface area (Å²) < 4.78 is 38.9. The first-order chi connectivity index (χ1) is 11.1. The van der Waals surface area contributed by atoms with Gasteiger partial charge in [0.1, 0.15) is 11.5 Å². The molecule has 0 saturated carbocycles. The highest BCUT2D eigenvalue weighted by molar-refractivity contribution is 7.89. The molecule has 0 aliphatic carbocycles. The summed E-state index contributed by atoms with van der Waals surface area (Å²) in [5.41, 5.74) is 0. The van der Waals surface area contributed by atoms with Gasteiger partial charge in [-0.05, 0) is 44.5 Å². The first-order valence-electron chi connectivity index (χ1n) is 7.99. The molecule has 7 heteroatoms. The van der Waals surface area contributed by atoms with Crippen LogP contribution in [0.5, 0.6) is 11.5 Å². The van der Waals surface area contributed by atoms with E-state index in [0.29, 0.717) is 18.0 Å². The van der Waals surface area contributed by atoms with Crippen molar-refractivity contribution in [3.63, 3.8) is 0 Å². The van der Waals surface area contributed by atoms with E-state index < -0.39 is 10.0 Å². The van der Waals surface area contributed by atoms with Crippen molar-refractivity contribution in [1.29, 1.82) is 0 Å². The van der Waals surface area contributed by atoms with Gasteiger partial charge < -0.3 is 14.8 Å². The van der Waals surface area contributed by atoms with Gasteiger partial charge in [0.2, 0.25) is 0 Å². The third-order valence-corrected chi connectivity index (χ3v) is 6.13. The van der Waals surface area contributed by atoms with Gasteiger partial charge in [-0.2, -0.15) is 4.31 Å². The lowest BCUT2D eigenvalue weighted by Crippen LogP contribution is -2.46. The predicted molar refractivity (Wildman–Crippen MR) is 89.6 cm³/mol. The lowest BCUT2D eigenvalue weighted by Gasteiger charge is -2.34. The van der Waals surface area contributed by atoms with Crippen molar-refractivity contribution in [3.05, 3.63) is 18.2 Å². The van der Waals surface area contributed by atoms with Crippen LogP contribution in [-0.2, 0) is 10.0 Å². The Hall–Kier alpha value is -1.31. The van der Waals surface area contributed by atoms with E-state index in [1.54, 1.807) is 22.5 Å².